The minimum atomic E-state index is -0.488. The largest absolute Gasteiger partial charge is 0.323 e. The maximum Gasteiger partial charge on any atom is 0.146 e. The zero-order valence-electron chi connectivity index (χ0n) is 6.58. The average molecular weight is 165 g/mol. The highest BCUT2D eigenvalue weighted by Crippen LogP contribution is 2.11. The molecule has 62 valence electrons. The summed E-state index contributed by atoms with van der Waals surface area (Å²) < 4.78 is 12.9. The molecule has 0 spiro atoms. The van der Waals surface area contributed by atoms with E-state index in [1.54, 1.807) is 6.92 Å². The van der Waals surface area contributed by atoms with Crippen molar-refractivity contribution in [1.29, 1.82) is 5.26 Å². The highest BCUT2D eigenvalue weighted by atomic mass is 19.1. The number of pyridine rings is 1. The second-order valence-corrected chi connectivity index (χ2v) is 2.46. The van der Waals surface area contributed by atoms with Crippen molar-refractivity contribution in [2.45, 2.75) is 13.0 Å². The summed E-state index contributed by atoms with van der Waals surface area (Å²) in [6.07, 6.45) is 0. The third kappa shape index (κ3) is 1.57. The predicted molar refractivity (Wildman–Crippen MR) is 41.5 cm³/mol. The predicted octanol–water partition coefficient (Wildman–Crippen LogP) is 1.11. The van der Waals surface area contributed by atoms with E-state index in [2.05, 4.69) is 4.98 Å². The van der Waals surface area contributed by atoms with Crippen molar-refractivity contribution in [2.24, 2.45) is 5.73 Å². The number of hydrogen-bond acceptors (Lipinski definition) is 3. The summed E-state index contributed by atoms with van der Waals surface area (Å²) in [6.45, 7) is 1.62. The smallest absolute Gasteiger partial charge is 0.146 e. The van der Waals surface area contributed by atoms with Gasteiger partial charge in [0.1, 0.15) is 17.6 Å². The molecular weight excluding hydrogens is 157 g/mol. The second-order valence-electron chi connectivity index (χ2n) is 2.46. The maximum absolute atomic E-state index is 12.9. The van der Waals surface area contributed by atoms with Gasteiger partial charge < -0.3 is 5.73 Å². The van der Waals surface area contributed by atoms with Crippen molar-refractivity contribution in [3.63, 3.8) is 0 Å². The fourth-order valence-corrected chi connectivity index (χ4v) is 0.840. The lowest BCUT2D eigenvalue weighted by molar-refractivity contribution is 0.578. The first-order valence-electron chi connectivity index (χ1n) is 3.47. The first-order chi connectivity index (χ1) is 5.65. The molecule has 3 nitrogen and oxygen atoms in total. The van der Waals surface area contributed by atoms with E-state index in [9.17, 15) is 4.39 Å². The molecule has 0 aliphatic rings. The molecule has 0 radical (unpaired) electrons. The van der Waals surface area contributed by atoms with Gasteiger partial charge in [0.2, 0.25) is 0 Å². The summed E-state index contributed by atoms with van der Waals surface area (Å²) in [5, 5.41) is 8.46. The van der Waals surface area contributed by atoms with Gasteiger partial charge in [-0.05, 0) is 19.1 Å². The molecule has 0 fully saturated rings. The summed E-state index contributed by atoms with van der Waals surface area (Å²) in [5.41, 5.74) is 5.74. The summed E-state index contributed by atoms with van der Waals surface area (Å²) in [7, 11) is 0. The number of nitrogens with two attached hydrogens (primary N) is 1. The number of aromatic nitrogens is 1. The van der Waals surface area contributed by atoms with Crippen molar-refractivity contribution in [1.82, 2.24) is 4.98 Å². The van der Waals surface area contributed by atoms with Crippen LogP contribution in [0.1, 0.15) is 24.4 Å². The molecule has 0 saturated heterocycles. The summed E-state index contributed by atoms with van der Waals surface area (Å²) in [6, 6.07) is 3.85. The zero-order valence-corrected chi connectivity index (χ0v) is 6.58. The van der Waals surface area contributed by atoms with E-state index in [-0.39, 0.29) is 11.4 Å². The third-order valence-electron chi connectivity index (χ3n) is 1.42. The van der Waals surface area contributed by atoms with Gasteiger partial charge in [-0.15, -0.1) is 0 Å². The molecule has 1 heterocycles. The van der Waals surface area contributed by atoms with Gasteiger partial charge in [-0.3, -0.25) is 0 Å². The molecule has 0 aliphatic heterocycles. The summed E-state index contributed by atoms with van der Waals surface area (Å²) in [5.74, 6) is -0.469. The Morgan fingerprint density at radius 1 is 1.67 bits per heavy atom. The quantitative estimate of drug-likeness (QED) is 0.678. The summed E-state index contributed by atoms with van der Waals surface area (Å²) in [4.78, 5) is 3.73. The van der Waals surface area contributed by atoms with Crippen molar-refractivity contribution in [2.75, 3.05) is 0 Å². The molecular formula is C8H8FN3. The minimum absolute atomic E-state index is 0.133. The van der Waals surface area contributed by atoms with Crippen LogP contribution in [0.25, 0.3) is 0 Å². The number of hydrogen-bond donors (Lipinski definition) is 1. The van der Waals surface area contributed by atoms with E-state index >= 15 is 0 Å². The Labute approximate surface area is 69.6 Å². The Kier molecular flexibility index (Phi) is 2.36. The molecule has 1 aromatic rings. The van der Waals surface area contributed by atoms with Gasteiger partial charge in [0.15, 0.2) is 0 Å². The van der Waals surface area contributed by atoms with E-state index in [4.69, 9.17) is 11.0 Å². The lowest BCUT2D eigenvalue weighted by Gasteiger charge is -2.04. The number of rotatable bonds is 1. The summed E-state index contributed by atoms with van der Waals surface area (Å²) >= 11 is 0. The van der Waals surface area contributed by atoms with Crippen LogP contribution in [0.2, 0.25) is 0 Å². The van der Waals surface area contributed by atoms with Crippen LogP contribution in [0.3, 0.4) is 0 Å². The monoisotopic (exact) mass is 165 g/mol. The highest BCUT2D eigenvalue weighted by Gasteiger charge is 2.08. The van der Waals surface area contributed by atoms with Gasteiger partial charge in [-0.2, -0.15) is 5.26 Å². The number of nitrogens with zero attached hydrogens (tertiary/aromatic N) is 2. The number of nitriles is 1. The first kappa shape index (κ1) is 8.62. The zero-order chi connectivity index (χ0) is 9.14. The van der Waals surface area contributed by atoms with Crippen LogP contribution < -0.4 is 5.73 Å². The van der Waals surface area contributed by atoms with Gasteiger partial charge in [0.05, 0.1) is 5.69 Å². The standard InChI is InChI=1S/C8H8FN3/c1-5(11)8-7(9)3-2-6(4-10)12-8/h2-3,5H,11H2,1H3/t5-/m1/s1. The van der Waals surface area contributed by atoms with Crippen LogP contribution >= 0.6 is 0 Å². The SMILES string of the molecule is C[C@@H](N)c1nc(C#N)ccc1F. The number of halogens is 1. The molecule has 1 aromatic heterocycles. The van der Waals surface area contributed by atoms with Crippen LogP contribution in [0, 0.1) is 17.1 Å². The molecule has 0 aromatic carbocycles. The van der Waals surface area contributed by atoms with E-state index < -0.39 is 11.9 Å². The fourth-order valence-electron chi connectivity index (χ4n) is 0.840. The topological polar surface area (TPSA) is 62.7 Å². The molecule has 1 atom stereocenters. The van der Waals surface area contributed by atoms with Crippen molar-refractivity contribution >= 4 is 0 Å². The van der Waals surface area contributed by atoms with Gasteiger partial charge in [-0.25, -0.2) is 9.37 Å². The Morgan fingerprint density at radius 3 is 2.83 bits per heavy atom. The van der Waals surface area contributed by atoms with Crippen LogP contribution in [0.15, 0.2) is 12.1 Å². The van der Waals surface area contributed by atoms with Crippen LogP contribution in [0.4, 0.5) is 4.39 Å². The van der Waals surface area contributed by atoms with Gasteiger partial charge in [0, 0.05) is 6.04 Å². The molecule has 0 saturated carbocycles. The minimum Gasteiger partial charge on any atom is -0.323 e. The molecule has 0 amide bonds. The van der Waals surface area contributed by atoms with Gasteiger partial charge >= 0.3 is 0 Å². The lowest BCUT2D eigenvalue weighted by atomic mass is 10.2. The van der Waals surface area contributed by atoms with E-state index in [0.29, 0.717) is 0 Å². The second kappa shape index (κ2) is 3.28. The Bertz CT molecular complexity index is 328. The normalized spacial score (nSPS) is 12.2. The lowest BCUT2D eigenvalue weighted by Crippen LogP contribution is -2.10. The van der Waals surface area contributed by atoms with Crippen LogP contribution in [-0.2, 0) is 0 Å². The highest BCUT2D eigenvalue weighted by molar-refractivity contribution is 5.24. The molecule has 12 heavy (non-hydrogen) atoms. The average Bonchev–Trinajstić information content (AvgIpc) is 2.05. The van der Waals surface area contributed by atoms with E-state index in [1.165, 1.54) is 12.1 Å². The Hall–Kier alpha value is -1.47. The molecule has 0 unspecified atom stereocenters. The molecule has 1 rings (SSSR count). The van der Waals surface area contributed by atoms with Crippen molar-refractivity contribution in [3.8, 4) is 6.07 Å². The van der Waals surface area contributed by atoms with Crippen molar-refractivity contribution < 1.29 is 4.39 Å². The van der Waals surface area contributed by atoms with E-state index in [0.717, 1.165) is 0 Å². The van der Waals surface area contributed by atoms with Crippen molar-refractivity contribution in [3.05, 3.63) is 29.3 Å². The molecule has 4 heteroatoms. The van der Waals surface area contributed by atoms with Gasteiger partial charge in [-0.1, -0.05) is 0 Å². The molecule has 0 bridgehead atoms. The fraction of sp³-hybridized carbons (Fsp3) is 0.250. The van der Waals surface area contributed by atoms with Crippen LogP contribution in [-0.4, -0.2) is 4.98 Å². The van der Waals surface area contributed by atoms with Crippen LogP contribution in [0.5, 0.6) is 0 Å². The molecule has 2 N–H and O–H groups in total. The first-order valence-corrected chi connectivity index (χ1v) is 3.47. The maximum atomic E-state index is 12.9. The Morgan fingerprint density at radius 2 is 2.33 bits per heavy atom. The molecule has 0 aliphatic carbocycles. The third-order valence-corrected chi connectivity index (χ3v) is 1.42. The van der Waals surface area contributed by atoms with E-state index in [1.807, 2.05) is 6.07 Å². The van der Waals surface area contributed by atoms with Gasteiger partial charge in [0.25, 0.3) is 0 Å². The Balaban J connectivity index is 3.19.